The van der Waals surface area contributed by atoms with Crippen molar-refractivity contribution < 1.29 is 18.7 Å². The van der Waals surface area contributed by atoms with E-state index in [1.165, 1.54) is 7.11 Å². The quantitative estimate of drug-likeness (QED) is 0.243. The molecule has 0 saturated heterocycles. The smallest absolute Gasteiger partial charge is 0.310 e. The number of esters is 1. The van der Waals surface area contributed by atoms with Gasteiger partial charge in [-0.15, -0.1) is 0 Å². The Kier molecular flexibility index (Phi) is 7.95. The highest BCUT2D eigenvalue weighted by Gasteiger charge is 2.14. The average Bonchev–Trinajstić information content (AvgIpc) is 3.23. The molecule has 0 unspecified atom stereocenters. The number of carbonyl (C=O) groups is 1. The van der Waals surface area contributed by atoms with E-state index in [-0.39, 0.29) is 12.4 Å². The molecule has 1 aromatic heterocycles. The van der Waals surface area contributed by atoms with Gasteiger partial charge in [0.05, 0.1) is 41.6 Å². The number of carbonyl (C=O) groups excluding carboxylic acids is 1. The van der Waals surface area contributed by atoms with Crippen molar-refractivity contribution in [3.63, 3.8) is 0 Å². The molecule has 8 heteroatoms. The maximum Gasteiger partial charge on any atom is 0.310 e. The molecule has 180 valence electrons. The molecule has 0 atom stereocenters. The van der Waals surface area contributed by atoms with Crippen LogP contribution < -0.4 is 10.1 Å². The lowest BCUT2D eigenvalue weighted by Crippen LogP contribution is -2.08. The summed E-state index contributed by atoms with van der Waals surface area (Å²) in [6.07, 6.45) is 0.659. The van der Waals surface area contributed by atoms with Crippen LogP contribution in [0.3, 0.4) is 0 Å². The Bertz CT molecular complexity index is 1300. The van der Waals surface area contributed by atoms with Crippen LogP contribution in [0.5, 0.6) is 5.75 Å². The predicted molar refractivity (Wildman–Crippen MR) is 138 cm³/mol. The SMILES string of the molecule is COC(=O)Cc1ccc(OCCc2nc(-c3ccccc3)oc2C)cc1Nc1c(Cl)cccc1Cl. The molecular weight excluding hydrogens is 487 g/mol. The number of methoxy groups -OCH3 is 1. The minimum absolute atomic E-state index is 0.0849. The zero-order valence-electron chi connectivity index (χ0n) is 19.3. The summed E-state index contributed by atoms with van der Waals surface area (Å²) in [4.78, 5) is 16.5. The Hall–Kier alpha value is -3.48. The van der Waals surface area contributed by atoms with Crippen LogP contribution in [0.2, 0.25) is 10.0 Å². The van der Waals surface area contributed by atoms with E-state index in [9.17, 15) is 4.79 Å². The summed E-state index contributed by atoms with van der Waals surface area (Å²) in [7, 11) is 1.35. The third-order valence-electron chi connectivity index (χ3n) is 5.39. The molecular formula is C27H24Cl2N2O4. The summed E-state index contributed by atoms with van der Waals surface area (Å²) in [6, 6.07) is 20.4. The molecule has 0 aliphatic heterocycles. The molecule has 3 aromatic carbocycles. The van der Waals surface area contributed by atoms with Gasteiger partial charge in [-0.25, -0.2) is 4.98 Å². The van der Waals surface area contributed by atoms with Gasteiger partial charge in [-0.3, -0.25) is 4.79 Å². The molecule has 0 aliphatic rings. The minimum Gasteiger partial charge on any atom is -0.493 e. The first-order valence-corrected chi connectivity index (χ1v) is 11.8. The van der Waals surface area contributed by atoms with E-state index in [1.807, 2.05) is 55.5 Å². The molecule has 1 heterocycles. The zero-order valence-corrected chi connectivity index (χ0v) is 20.8. The summed E-state index contributed by atoms with van der Waals surface area (Å²) in [6.45, 7) is 2.29. The van der Waals surface area contributed by atoms with Crippen molar-refractivity contribution in [1.82, 2.24) is 4.98 Å². The molecule has 0 radical (unpaired) electrons. The summed E-state index contributed by atoms with van der Waals surface area (Å²) in [5.41, 5.74) is 3.68. The normalized spacial score (nSPS) is 10.7. The second-order valence-electron chi connectivity index (χ2n) is 7.78. The minimum atomic E-state index is -0.359. The molecule has 4 aromatic rings. The number of aromatic nitrogens is 1. The second-order valence-corrected chi connectivity index (χ2v) is 8.59. The zero-order chi connectivity index (χ0) is 24.8. The fourth-order valence-electron chi connectivity index (χ4n) is 3.53. The number of hydrogen-bond acceptors (Lipinski definition) is 6. The lowest BCUT2D eigenvalue weighted by Gasteiger charge is -2.16. The standard InChI is InChI=1S/C27H24Cl2N2O4/c1-17-23(31-27(35-17)18-7-4-3-5-8-18)13-14-34-20-12-11-19(15-25(32)33-2)24(16-20)30-26-21(28)9-6-10-22(26)29/h3-12,16,30H,13-15H2,1-2H3. The Morgan fingerprint density at radius 3 is 2.49 bits per heavy atom. The van der Waals surface area contributed by atoms with Gasteiger partial charge in [0.2, 0.25) is 5.89 Å². The van der Waals surface area contributed by atoms with Crippen molar-refractivity contribution in [1.29, 1.82) is 0 Å². The Labute approximate surface area is 213 Å². The lowest BCUT2D eigenvalue weighted by molar-refractivity contribution is -0.139. The number of para-hydroxylation sites is 1. The number of nitrogens with one attached hydrogen (secondary N) is 1. The first-order valence-electron chi connectivity index (χ1n) is 11.0. The van der Waals surface area contributed by atoms with E-state index in [0.717, 1.165) is 22.6 Å². The molecule has 0 fully saturated rings. The van der Waals surface area contributed by atoms with Gasteiger partial charge in [0.15, 0.2) is 0 Å². The lowest BCUT2D eigenvalue weighted by atomic mass is 10.1. The van der Waals surface area contributed by atoms with E-state index in [2.05, 4.69) is 10.3 Å². The molecule has 0 amide bonds. The molecule has 1 N–H and O–H groups in total. The number of hydrogen-bond donors (Lipinski definition) is 1. The van der Waals surface area contributed by atoms with Gasteiger partial charge in [-0.2, -0.15) is 0 Å². The molecule has 0 saturated carbocycles. The Morgan fingerprint density at radius 2 is 1.77 bits per heavy atom. The van der Waals surface area contributed by atoms with Gasteiger partial charge in [0.25, 0.3) is 0 Å². The van der Waals surface area contributed by atoms with Crippen LogP contribution in [0.15, 0.2) is 71.1 Å². The summed E-state index contributed by atoms with van der Waals surface area (Å²) in [5.74, 6) is 1.61. The summed E-state index contributed by atoms with van der Waals surface area (Å²) < 4.78 is 16.7. The second kappa shape index (κ2) is 11.3. The number of aryl methyl sites for hydroxylation is 1. The number of anilines is 2. The topological polar surface area (TPSA) is 73.6 Å². The van der Waals surface area contributed by atoms with Gasteiger partial charge in [-0.05, 0) is 42.8 Å². The molecule has 0 aliphatic carbocycles. The maximum atomic E-state index is 11.9. The molecule has 0 bridgehead atoms. The van der Waals surface area contributed by atoms with Crippen LogP contribution in [-0.2, 0) is 22.4 Å². The van der Waals surface area contributed by atoms with Crippen LogP contribution in [0.1, 0.15) is 17.0 Å². The monoisotopic (exact) mass is 510 g/mol. The van der Waals surface area contributed by atoms with E-state index in [4.69, 9.17) is 37.1 Å². The molecule has 35 heavy (non-hydrogen) atoms. The molecule has 6 nitrogen and oxygen atoms in total. The summed E-state index contributed by atoms with van der Waals surface area (Å²) in [5, 5.41) is 4.16. The van der Waals surface area contributed by atoms with Crippen LogP contribution in [0.25, 0.3) is 11.5 Å². The van der Waals surface area contributed by atoms with E-state index in [1.54, 1.807) is 18.2 Å². The largest absolute Gasteiger partial charge is 0.493 e. The Balaban J connectivity index is 1.50. The van der Waals surface area contributed by atoms with E-state index < -0.39 is 0 Å². The van der Waals surface area contributed by atoms with Crippen LogP contribution in [-0.4, -0.2) is 24.7 Å². The van der Waals surface area contributed by atoms with Crippen molar-refractivity contribution in [2.45, 2.75) is 19.8 Å². The first-order chi connectivity index (χ1) is 16.9. The molecule has 0 spiro atoms. The van der Waals surface area contributed by atoms with E-state index >= 15 is 0 Å². The van der Waals surface area contributed by atoms with E-state index in [0.29, 0.717) is 46.1 Å². The number of benzene rings is 3. The maximum absolute atomic E-state index is 11.9. The summed E-state index contributed by atoms with van der Waals surface area (Å²) >= 11 is 12.7. The number of halogens is 2. The highest BCUT2D eigenvalue weighted by atomic mass is 35.5. The first kappa shape index (κ1) is 24.6. The van der Waals surface area contributed by atoms with Crippen molar-refractivity contribution in [3.8, 4) is 17.2 Å². The predicted octanol–water partition coefficient (Wildman–Crippen LogP) is 7.04. The van der Waals surface area contributed by atoms with Crippen LogP contribution in [0, 0.1) is 6.92 Å². The number of oxazole rings is 1. The fraction of sp³-hybridized carbons (Fsp3) is 0.185. The molecule has 4 rings (SSSR count). The van der Waals surface area contributed by atoms with Gasteiger partial charge in [-0.1, -0.05) is 53.5 Å². The van der Waals surface area contributed by atoms with Gasteiger partial charge in [0.1, 0.15) is 11.5 Å². The number of rotatable bonds is 9. The van der Waals surface area contributed by atoms with Crippen molar-refractivity contribution >= 4 is 40.5 Å². The Morgan fingerprint density at radius 1 is 1.03 bits per heavy atom. The number of nitrogens with zero attached hydrogens (tertiary/aromatic N) is 1. The highest BCUT2D eigenvalue weighted by Crippen LogP contribution is 2.35. The van der Waals surface area contributed by atoms with Crippen molar-refractivity contribution in [3.05, 3.63) is 93.8 Å². The highest BCUT2D eigenvalue weighted by molar-refractivity contribution is 6.39. The van der Waals surface area contributed by atoms with Crippen molar-refractivity contribution in [2.24, 2.45) is 0 Å². The third kappa shape index (κ3) is 6.15. The van der Waals surface area contributed by atoms with Gasteiger partial charge >= 0.3 is 5.97 Å². The fourth-order valence-corrected chi connectivity index (χ4v) is 4.02. The average molecular weight is 511 g/mol. The van der Waals surface area contributed by atoms with Crippen molar-refractivity contribution in [2.75, 3.05) is 19.0 Å². The van der Waals surface area contributed by atoms with Gasteiger partial charge in [0, 0.05) is 23.7 Å². The third-order valence-corrected chi connectivity index (χ3v) is 6.02. The van der Waals surface area contributed by atoms with Crippen LogP contribution >= 0.6 is 23.2 Å². The number of ether oxygens (including phenoxy) is 2. The van der Waals surface area contributed by atoms with Gasteiger partial charge < -0.3 is 19.2 Å². The van der Waals surface area contributed by atoms with Crippen LogP contribution in [0.4, 0.5) is 11.4 Å².